The number of thioether (sulfide) groups is 2. The van der Waals surface area contributed by atoms with Gasteiger partial charge in [-0.25, -0.2) is 0 Å². The number of hydrogen-bond donors (Lipinski definition) is 1. The van der Waals surface area contributed by atoms with E-state index in [-0.39, 0.29) is 6.04 Å². The number of rotatable bonds is 6. The normalized spacial score (nSPS) is 11.0. The maximum Gasteiger partial charge on any atom is 0.0120 e. The second-order valence-corrected chi connectivity index (χ2v) is 6.62. The van der Waals surface area contributed by atoms with Crippen molar-refractivity contribution in [2.45, 2.75) is 28.7 Å². The third kappa shape index (κ3) is 4.58. The van der Waals surface area contributed by atoms with E-state index in [0.717, 1.165) is 12.8 Å². The van der Waals surface area contributed by atoms with Gasteiger partial charge in [-0.2, -0.15) is 0 Å². The third-order valence-electron chi connectivity index (χ3n) is 3.31. The largest absolute Gasteiger partial charge is 0.327 e. The molecule has 2 aromatic rings. The Morgan fingerprint density at radius 3 is 1.40 bits per heavy atom. The van der Waals surface area contributed by atoms with Crippen molar-refractivity contribution < 1.29 is 0 Å². The van der Waals surface area contributed by atoms with Crippen LogP contribution in [-0.2, 0) is 12.8 Å². The molecule has 0 bridgehead atoms. The van der Waals surface area contributed by atoms with Gasteiger partial charge in [-0.3, -0.25) is 0 Å². The summed E-state index contributed by atoms with van der Waals surface area (Å²) in [5.41, 5.74) is 8.90. The Bertz CT molecular complexity index is 470. The minimum absolute atomic E-state index is 0.176. The molecule has 0 atom stereocenters. The molecule has 2 N–H and O–H groups in total. The fourth-order valence-corrected chi connectivity index (χ4v) is 3.02. The molecule has 0 aromatic heterocycles. The molecule has 0 spiro atoms. The molecule has 0 aliphatic rings. The number of nitrogens with two attached hydrogens (primary N) is 1. The zero-order valence-corrected chi connectivity index (χ0v) is 13.6. The Morgan fingerprint density at radius 2 is 1.10 bits per heavy atom. The Hall–Kier alpha value is -0.900. The van der Waals surface area contributed by atoms with Crippen LogP contribution in [0.4, 0.5) is 0 Å². The molecule has 0 fully saturated rings. The first-order valence-electron chi connectivity index (χ1n) is 6.72. The van der Waals surface area contributed by atoms with Gasteiger partial charge in [0.2, 0.25) is 0 Å². The topological polar surface area (TPSA) is 26.0 Å². The van der Waals surface area contributed by atoms with Gasteiger partial charge in [0.25, 0.3) is 0 Å². The summed E-state index contributed by atoms with van der Waals surface area (Å²) in [5.74, 6) is 0. The average molecular weight is 303 g/mol. The second kappa shape index (κ2) is 7.77. The van der Waals surface area contributed by atoms with Crippen LogP contribution >= 0.6 is 23.5 Å². The van der Waals surface area contributed by atoms with Crippen LogP contribution in [-0.4, -0.2) is 18.6 Å². The molecule has 0 unspecified atom stereocenters. The summed E-state index contributed by atoms with van der Waals surface area (Å²) in [4.78, 5) is 2.60. The first-order valence-corrected chi connectivity index (χ1v) is 9.17. The van der Waals surface area contributed by atoms with Gasteiger partial charge in [-0.05, 0) is 60.7 Å². The zero-order chi connectivity index (χ0) is 14.4. The molecule has 2 rings (SSSR count). The number of benzene rings is 2. The third-order valence-corrected chi connectivity index (χ3v) is 4.80. The van der Waals surface area contributed by atoms with Gasteiger partial charge >= 0.3 is 0 Å². The van der Waals surface area contributed by atoms with E-state index >= 15 is 0 Å². The van der Waals surface area contributed by atoms with Crippen LogP contribution in [0.5, 0.6) is 0 Å². The van der Waals surface area contributed by atoms with Crippen LogP contribution in [0.25, 0.3) is 0 Å². The minimum atomic E-state index is 0.176. The van der Waals surface area contributed by atoms with Crippen LogP contribution < -0.4 is 5.73 Å². The fourth-order valence-electron chi connectivity index (χ4n) is 2.20. The van der Waals surface area contributed by atoms with Crippen molar-refractivity contribution >= 4 is 23.5 Å². The highest BCUT2D eigenvalue weighted by Crippen LogP contribution is 2.18. The van der Waals surface area contributed by atoms with E-state index < -0.39 is 0 Å². The summed E-state index contributed by atoms with van der Waals surface area (Å²) in [7, 11) is 0. The summed E-state index contributed by atoms with van der Waals surface area (Å²) < 4.78 is 0. The van der Waals surface area contributed by atoms with E-state index in [1.54, 1.807) is 23.5 Å². The molecule has 0 heterocycles. The standard InChI is InChI=1S/C17H21NS2/c1-19-16-7-3-13(4-8-16)11-15(18)12-14-5-9-17(20-2)10-6-14/h3-10,15H,11-12,18H2,1-2H3. The fraction of sp³-hybridized carbons (Fsp3) is 0.294. The van der Waals surface area contributed by atoms with Crippen molar-refractivity contribution in [3.63, 3.8) is 0 Å². The quantitative estimate of drug-likeness (QED) is 0.808. The van der Waals surface area contributed by atoms with Gasteiger partial charge in [0.1, 0.15) is 0 Å². The van der Waals surface area contributed by atoms with E-state index in [9.17, 15) is 0 Å². The van der Waals surface area contributed by atoms with Gasteiger partial charge in [0.15, 0.2) is 0 Å². The smallest absolute Gasteiger partial charge is 0.0120 e. The molecular formula is C17H21NS2. The predicted octanol–water partition coefficient (Wildman–Crippen LogP) is 4.24. The molecule has 0 radical (unpaired) electrons. The SMILES string of the molecule is CSc1ccc(CC(N)Cc2ccc(SC)cc2)cc1. The van der Waals surface area contributed by atoms with Gasteiger partial charge in [-0.15, -0.1) is 23.5 Å². The molecule has 0 amide bonds. The van der Waals surface area contributed by atoms with E-state index in [1.807, 2.05) is 0 Å². The van der Waals surface area contributed by atoms with Crippen LogP contribution in [0.3, 0.4) is 0 Å². The maximum atomic E-state index is 6.27. The van der Waals surface area contributed by atoms with Gasteiger partial charge < -0.3 is 5.73 Å². The van der Waals surface area contributed by atoms with E-state index in [2.05, 4.69) is 61.0 Å². The summed E-state index contributed by atoms with van der Waals surface area (Å²) in [5, 5.41) is 0. The summed E-state index contributed by atoms with van der Waals surface area (Å²) in [6.07, 6.45) is 6.05. The highest BCUT2D eigenvalue weighted by molar-refractivity contribution is 7.98. The first kappa shape index (κ1) is 15.5. The molecule has 3 heteroatoms. The molecule has 0 aliphatic heterocycles. The molecular weight excluding hydrogens is 282 g/mol. The lowest BCUT2D eigenvalue weighted by Crippen LogP contribution is -2.25. The van der Waals surface area contributed by atoms with E-state index in [4.69, 9.17) is 5.73 Å². The molecule has 1 nitrogen and oxygen atoms in total. The lowest BCUT2D eigenvalue weighted by molar-refractivity contribution is 0.664. The van der Waals surface area contributed by atoms with E-state index in [0.29, 0.717) is 0 Å². The van der Waals surface area contributed by atoms with Gasteiger partial charge in [0, 0.05) is 15.8 Å². The van der Waals surface area contributed by atoms with Gasteiger partial charge in [-0.1, -0.05) is 24.3 Å². The zero-order valence-electron chi connectivity index (χ0n) is 12.0. The lowest BCUT2D eigenvalue weighted by atomic mass is 10.00. The van der Waals surface area contributed by atoms with Crippen LogP contribution in [0, 0.1) is 0 Å². The van der Waals surface area contributed by atoms with Gasteiger partial charge in [0.05, 0.1) is 0 Å². The highest BCUT2D eigenvalue weighted by Gasteiger charge is 2.06. The van der Waals surface area contributed by atoms with Crippen LogP contribution in [0.15, 0.2) is 58.3 Å². The predicted molar refractivity (Wildman–Crippen MR) is 91.8 cm³/mol. The lowest BCUT2D eigenvalue weighted by Gasteiger charge is -2.12. The van der Waals surface area contributed by atoms with Crippen molar-refractivity contribution in [1.82, 2.24) is 0 Å². The number of hydrogen-bond acceptors (Lipinski definition) is 3. The van der Waals surface area contributed by atoms with Crippen molar-refractivity contribution in [1.29, 1.82) is 0 Å². The monoisotopic (exact) mass is 303 g/mol. The van der Waals surface area contributed by atoms with Crippen LogP contribution in [0.1, 0.15) is 11.1 Å². The summed E-state index contributed by atoms with van der Waals surface area (Å²) in [6.45, 7) is 0. The molecule has 2 aromatic carbocycles. The average Bonchev–Trinajstić information content (AvgIpc) is 2.49. The highest BCUT2D eigenvalue weighted by atomic mass is 32.2. The molecule has 106 valence electrons. The van der Waals surface area contributed by atoms with Crippen LogP contribution in [0.2, 0.25) is 0 Å². The second-order valence-electron chi connectivity index (χ2n) is 4.86. The Labute approximate surface area is 130 Å². The minimum Gasteiger partial charge on any atom is -0.327 e. The summed E-state index contributed by atoms with van der Waals surface area (Å²) in [6, 6.07) is 17.6. The molecule has 0 saturated carbocycles. The summed E-state index contributed by atoms with van der Waals surface area (Å²) >= 11 is 3.54. The Balaban J connectivity index is 1.91. The van der Waals surface area contributed by atoms with E-state index in [1.165, 1.54) is 20.9 Å². The first-order chi connectivity index (χ1) is 9.71. The van der Waals surface area contributed by atoms with Crippen molar-refractivity contribution in [3.8, 4) is 0 Å². The van der Waals surface area contributed by atoms with Crippen molar-refractivity contribution in [2.24, 2.45) is 5.73 Å². The van der Waals surface area contributed by atoms with Crippen molar-refractivity contribution in [2.75, 3.05) is 12.5 Å². The van der Waals surface area contributed by atoms with Crippen molar-refractivity contribution in [3.05, 3.63) is 59.7 Å². The molecule has 20 heavy (non-hydrogen) atoms. The molecule has 0 aliphatic carbocycles. The Morgan fingerprint density at radius 1 is 0.750 bits per heavy atom. The maximum absolute atomic E-state index is 6.27. The Kier molecular flexibility index (Phi) is 6.02. The molecule has 0 saturated heterocycles.